The number of anilines is 1. The van der Waals surface area contributed by atoms with Gasteiger partial charge in [-0.05, 0) is 25.8 Å². The van der Waals surface area contributed by atoms with Crippen LogP contribution in [0.1, 0.15) is 44.4 Å². The fraction of sp³-hybridized carbons (Fsp3) is 0.696. The molecule has 4 rings (SSSR count). The Labute approximate surface area is 184 Å². The molecule has 170 valence electrons. The third-order valence-electron chi connectivity index (χ3n) is 6.95. The van der Waals surface area contributed by atoms with Gasteiger partial charge in [-0.1, -0.05) is 20.3 Å². The monoisotopic (exact) mass is 428 g/mol. The van der Waals surface area contributed by atoms with E-state index in [-0.39, 0.29) is 17.2 Å². The van der Waals surface area contributed by atoms with Crippen LogP contribution in [0.2, 0.25) is 0 Å². The first-order chi connectivity index (χ1) is 15.1. The Bertz CT molecular complexity index is 899. The van der Waals surface area contributed by atoms with Crippen LogP contribution in [0.5, 0.6) is 0 Å². The number of carbonyl (C=O) groups excluding carboxylic acids is 1. The third-order valence-corrected chi connectivity index (χ3v) is 6.95. The number of nitrogens with zero attached hydrogens (tertiary/aromatic N) is 4. The molecule has 31 heavy (non-hydrogen) atoms. The molecule has 2 aliphatic rings. The Morgan fingerprint density at radius 3 is 2.87 bits per heavy atom. The summed E-state index contributed by atoms with van der Waals surface area (Å²) in [6.45, 7) is 9.09. The van der Waals surface area contributed by atoms with Gasteiger partial charge in [0, 0.05) is 56.8 Å². The van der Waals surface area contributed by atoms with Crippen molar-refractivity contribution in [3.63, 3.8) is 0 Å². The summed E-state index contributed by atoms with van der Waals surface area (Å²) in [5, 5.41) is 11.2. The van der Waals surface area contributed by atoms with Crippen molar-refractivity contribution in [3.8, 4) is 0 Å². The largest absolute Gasteiger partial charge is 0.384 e. The smallest absolute Gasteiger partial charge is 0.226 e. The van der Waals surface area contributed by atoms with Crippen LogP contribution in [0.25, 0.3) is 5.65 Å². The Balaban J connectivity index is 1.44. The van der Waals surface area contributed by atoms with E-state index < -0.39 is 0 Å². The Hall–Kier alpha value is -2.19. The molecule has 4 heterocycles. The Kier molecular flexibility index (Phi) is 6.77. The summed E-state index contributed by atoms with van der Waals surface area (Å²) in [5.41, 5.74) is 3.34. The number of hydrogen-bond donors (Lipinski definition) is 2. The van der Waals surface area contributed by atoms with E-state index in [0.29, 0.717) is 13.2 Å². The number of fused-ring (bicyclic) bond motifs is 2. The van der Waals surface area contributed by atoms with Gasteiger partial charge in [-0.15, -0.1) is 0 Å². The minimum Gasteiger partial charge on any atom is -0.384 e. The number of methoxy groups -OCH3 is 1. The number of carbonyl (C=O) groups is 1. The van der Waals surface area contributed by atoms with Crippen molar-refractivity contribution in [1.29, 1.82) is 0 Å². The maximum absolute atomic E-state index is 12.9. The van der Waals surface area contributed by atoms with Crippen LogP contribution in [-0.4, -0.2) is 66.9 Å². The van der Waals surface area contributed by atoms with Crippen molar-refractivity contribution in [3.05, 3.63) is 23.5 Å². The molecule has 8 heteroatoms. The van der Waals surface area contributed by atoms with Crippen LogP contribution in [-0.2, 0) is 22.4 Å². The van der Waals surface area contributed by atoms with E-state index in [4.69, 9.17) is 9.72 Å². The number of ether oxygens (including phenoxy) is 1. The first kappa shape index (κ1) is 22.0. The van der Waals surface area contributed by atoms with Gasteiger partial charge in [-0.2, -0.15) is 9.61 Å². The summed E-state index contributed by atoms with van der Waals surface area (Å²) in [6.07, 6.45) is 6.82. The predicted octanol–water partition coefficient (Wildman–Crippen LogP) is 1.81. The van der Waals surface area contributed by atoms with E-state index in [9.17, 15) is 4.79 Å². The molecule has 1 fully saturated rings. The van der Waals surface area contributed by atoms with Gasteiger partial charge in [0.25, 0.3) is 0 Å². The SMILES string of the molecule is CCCC(CC)(CNC(=O)C1CN(c2c3c(nc4ccnn24)CCNCC3)C1)COC. The molecule has 2 aliphatic heterocycles. The molecule has 2 aromatic heterocycles. The van der Waals surface area contributed by atoms with Crippen molar-refractivity contribution in [2.45, 2.75) is 46.0 Å². The van der Waals surface area contributed by atoms with Crippen molar-refractivity contribution < 1.29 is 9.53 Å². The van der Waals surface area contributed by atoms with Crippen LogP contribution in [0, 0.1) is 11.3 Å². The molecule has 0 aromatic carbocycles. The standard InChI is InChI=1S/C23H36N6O2/c1-4-9-23(5-2,16-31-3)15-25-21(30)17-13-28(14-17)22-18-6-10-24-11-7-19(18)27-20-8-12-26-29(20)22/h8,12,17,24H,4-7,9-11,13-16H2,1-3H3,(H,25,30). The highest BCUT2D eigenvalue weighted by Crippen LogP contribution is 2.32. The van der Waals surface area contributed by atoms with Crippen molar-refractivity contribution in [1.82, 2.24) is 25.2 Å². The van der Waals surface area contributed by atoms with Crippen LogP contribution < -0.4 is 15.5 Å². The van der Waals surface area contributed by atoms with Gasteiger partial charge >= 0.3 is 0 Å². The fourth-order valence-corrected chi connectivity index (χ4v) is 5.03. The highest BCUT2D eigenvalue weighted by molar-refractivity contribution is 5.82. The Morgan fingerprint density at radius 2 is 2.13 bits per heavy atom. The molecular formula is C23H36N6O2. The lowest BCUT2D eigenvalue weighted by atomic mass is 9.81. The normalized spacial score (nSPS) is 18.9. The second kappa shape index (κ2) is 9.53. The average molecular weight is 429 g/mol. The molecule has 2 N–H and O–H groups in total. The van der Waals surface area contributed by atoms with Crippen LogP contribution in [0.15, 0.2) is 12.3 Å². The van der Waals surface area contributed by atoms with Gasteiger partial charge in [0.2, 0.25) is 5.91 Å². The van der Waals surface area contributed by atoms with E-state index in [2.05, 4.69) is 34.5 Å². The second-order valence-corrected chi connectivity index (χ2v) is 9.07. The molecule has 1 saturated heterocycles. The molecule has 1 amide bonds. The molecule has 0 bridgehead atoms. The van der Waals surface area contributed by atoms with Gasteiger partial charge in [-0.25, -0.2) is 4.98 Å². The zero-order valence-electron chi connectivity index (χ0n) is 19.1. The maximum atomic E-state index is 12.9. The van der Waals surface area contributed by atoms with Crippen molar-refractivity contribution in [2.24, 2.45) is 11.3 Å². The average Bonchev–Trinajstić information content (AvgIpc) is 3.07. The van der Waals surface area contributed by atoms with Crippen molar-refractivity contribution >= 4 is 17.4 Å². The predicted molar refractivity (Wildman–Crippen MR) is 121 cm³/mol. The van der Waals surface area contributed by atoms with Gasteiger partial charge in [-0.3, -0.25) is 4.79 Å². The molecule has 0 saturated carbocycles. The maximum Gasteiger partial charge on any atom is 0.226 e. The highest BCUT2D eigenvalue weighted by atomic mass is 16.5. The summed E-state index contributed by atoms with van der Waals surface area (Å²) in [7, 11) is 1.74. The zero-order chi connectivity index (χ0) is 21.8. The van der Waals surface area contributed by atoms with Crippen molar-refractivity contribution in [2.75, 3.05) is 51.3 Å². The van der Waals surface area contributed by atoms with Gasteiger partial charge in [0.1, 0.15) is 5.82 Å². The number of hydrogen-bond acceptors (Lipinski definition) is 6. The topological polar surface area (TPSA) is 83.8 Å². The first-order valence-corrected chi connectivity index (χ1v) is 11.7. The number of aromatic nitrogens is 3. The molecule has 0 radical (unpaired) electrons. The van der Waals surface area contributed by atoms with Gasteiger partial charge < -0.3 is 20.3 Å². The third kappa shape index (κ3) is 4.41. The molecule has 2 aromatic rings. The van der Waals surface area contributed by atoms with E-state index >= 15 is 0 Å². The summed E-state index contributed by atoms with van der Waals surface area (Å²) >= 11 is 0. The first-order valence-electron chi connectivity index (χ1n) is 11.7. The van der Waals surface area contributed by atoms with E-state index in [1.54, 1.807) is 13.3 Å². The van der Waals surface area contributed by atoms with E-state index in [1.165, 1.54) is 5.56 Å². The second-order valence-electron chi connectivity index (χ2n) is 9.07. The summed E-state index contributed by atoms with van der Waals surface area (Å²) < 4.78 is 7.42. The van der Waals surface area contributed by atoms with Gasteiger partial charge in [0.05, 0.1) is 24.4 Å². The molecular weight excluding hydrogens is 392 g/mol. The lowest BCUT2D eigenvalue weighted by Gasteiger charge is -2.41. The number of nitrogens with one attached hydrogen (secondary N) is 2. The van der Waals surface area contributed by atoms with Crippen LogP contribution in [0.4, 0.5) is 5.82 Å². The fourth-order valence-electron chi connectivity index (χ4n) is 5.03. The molecule has 0 spiro atoms. The number of amides is 1. The number of rotatable bonds is 9. The lowest BCUT2D eigenvalue weighted by molar-refractivity contribution is -0.126. The quantitative estimate of drug-likeness (QED) is 0.634. The lowest BCUT2D eigenvalue weighted by Crippen LogP contribution is -2.56. The minimum atomic E-state index is 0.0112. The zero-order valence-corrected chi connectivity index (χ0v) is 19.1. The van der Waals surface area contributed by atoms with E-state index in [0.717, 1.165) is 75.4 Å². The van der Waals surface area contributed by atoms with E-state index in [1.807, 2.05) is 10.6 Å². The summed E-state index contributed by atoms with van der Waals surface area (Å²) in [6, 6.07) is 1.96. The van der Waals surface area contributed by atoms with Crippen LogP contribution in [0.3, 0.4) is 0 Å². The Morgan fingerprint density at radius 1 is 1.32 bits per heavy atom. The minimum absolute atomic E-state index is 0.0112. The molecule has 1 unspecified atom stereocenters. The molecule has 8 nitrogen and oxygen atoms in total. The molecule has 0 aliphatic carbocycles. The van der Waals surface area contributed by atoms with Gasteiger partial charge in [0.15, 0.2) is 5.65 Å². The summed E-state index contributed by atoms with van der Waals surface area (Å²) in [4.78, 5) is 20.0. The van der Waals surface area contributed by atoms with Crippen LogP contribution >= 0.6 is 0 Å². The highest BCUT2D eigenvalue weighted by Gasteiger charge is 2.37. The molecule has 1 atom stereocenters. The summed E-state index contributed by atoms with van der Waals surface area (Å²) in [5.74, 6) is 1.28.